The first-order valence-corrected chi connectivity index (χ1v) is 11.4. The molecule has 1 aliphatic rings. The van der Waals surface area contributed by atoms with Crippen LogP contribution < -0.4 is 11.2 Å². The van der Waals surface area contributed by atoms with Crippen molar-refractivity contribution in [2.75, 3.05) is 11.5 Å². The molecular formula is C19H23N5O5S. The summed E-state index contributed by atoms with van der Waals surface area (Å²) in [7, 11) is -0.151. The topological polar surface area (TPSA) is 118 Å². The molecule has 1 unspecified atom stereocenters. The first-order chi connectivity index (χ1) is 14.0. The zero-order valence-corrected chi connectivity index (χ0v) is 18.1. The zero-order valence-electron chi connectivity index (χ0n) is 17.2. The summed E-state index contributed by atoms with van der Waals surface area (Å²) < 4.78 is 29.4. The van der Waals surface area contributed by atoms with Gasteiger partial charge in [-0.05, 0) is 26.3 Å². The van der Waals surface area contributed by atoms with E-state index in [0.717, 1.165) is 10.3 Å². The lowest BCUT2D eigenvalue weighted by Gasteiger charge is -2.16. The van der Waals surface area contributed by atoms with E-state index in [4.69, 9.17) is 0 Å². The zero-order chi connectivity index (χ0) is 22.0. The first kappa shape index (κ1) is 20.3. The molecule has 0 N–H and O–H groups in total. The molecule has 0 aromatic carbocycles. The number of rotatable bonds is 4. The van der Waals surface area contributed by atoms with E-state index in [9.17, 15) is 22.8 Å². The minimum absolute atomic E-state index is 0.0766. The summed E-state index contributed by atoms with van der Waals surface area (Å²) in [6, 6.07) is 1.59. The Morgan fingerprint density at radius 3 is 2.53 bits per heavy atom. The molecule has 1 saturated heterocycles. The lowest BCUT2D eigenvalue weighted by atomic mass is 10.1. The Hall–Kier alpha value is -2.95. The van der Waals surface area contributed by atoms with Gasteiger partial charge < -0.3 is 9.13 Å². The number of nitrogens with zero attached hydrogens (tertiary/aromatic N) is 5. The van der Waals surface area contributed by atoms with Gasteiger partial charge in [-0.15, -0.1) is 0 Å². The number of sulfone groups is 1. The SMILES string of the molecule is Cc1cc(C(=O)Cn2cnc3c2c(=O)n(C)c(=O)n3C)c(C)n1C1CCS(=O)(=O)C1. The summed E-state index contributed by atoms with van der Waals surface area (Å²) in [4.78, 5) is 41.9. The fourth-order valence-electron chi connectivity index (χ4n) is 4.36. The molecule has 4 heterocycles. The molecule has 3 aromatic rings. The molecule has 11 heteroatoms. The first-order valence-electron chi connectivity index (χ1n) is 9.54. The molecule has 0 aliphatic carbocycles. The fourth-order valence-corrected chi connectivity index (χ4v) is 6.06. The number of fused-ring (bicyclic) bond motifs is 1. The van der Waals surface area contributed by atoms with Crippen LogP contribution in [0.15, 0.2) is 22.0 Å². The van der Waals surface area contributed by atoms with Gasteiger partial charge in [0.15, 0.2) is 26.8 Å². The van der Waals surface area contributed by atoms with E-state index in [1.807, 2.05) is 11.5 Å². The monoisotopic (exact) mass is 433 g/mol. The number of Topliss-reactive ketones (excluding diaryl/α,β-unsaturated/α-hetero) is 1. The van der Waals surface area contributed by atoms with Crippen molar-refractivity contribution in [1.29, 1.82) is 0 Å². The van der Waals surface area contributed by atoms with Crippen molar-refractivity contribution in [2.24, 2.45) is 14.1 Å². The normalized spacial score (nSPS) is 18.3. The standard InChI is InChI=1S/C19H23N5O5S/c1-11-7-14(12(2)24(11)13-5-6-30(28,29)9-13)15(25)8-23-10-20-17-16(23)18(26)22(4)19(27)21(17)3/h7,10,13H,5-6,8-9H2,1-4H3. The largest absolute Gasteiger partial charge is 0.344 e. The Balaban J connectivity index is 1.72. The summed E-state index contributed by atoms with van der Waals surface area (Å²) in [6.45, 7) is 3.55. The molecule has 1 aliphatic heterocycles. The van der Waals surface area contributed by atoms with Crippen LogP contribution in [0.3, 0.4) is 0 Å². The van der Waals surface area contributed by atoms with E-state index in [1.165, 1.54) is 29.6 Å². The number of aryl methyl sites for hydroxylation is 2. The van der Waals surface area contributed by atoms with Crippen LogP contribution in [-0.2, 0) is 30.5 Å². The van der Waals surface area contributed by atoms with E-state index in [2.05, 4.69) is 4.98 Å². The van der Waals surface area contributed by atoms with Gasteiger partial charge in [-0.1, -0.05) is 0 Å². The number of carbonyl (C=O) groups excluding carboxylic acids is 1. The minimum atomic E-state index is -3.05. The molecule has 0 radical (unpaired) electrons. The van der Waals surface area contributed by atoms with E-state index < -0.39 is 21.1 Å². The second kappa shape index (κ2) is 6.79. The van der Waals surface area contributed by atoms with Crippen LogP contribution >= 0.6 is 0 Å². The third kappa shape index (κ3) is 3.04. The summed E-state index contributed by atoms with van der Waals surface area (Å²) in [5, 5.41) is 0. The smallest absolute Gasteiger partial charge is 0.332 e. The predicted molar refractivity (Wildman–Crippen MR) is 111 cm³/mol. The maximum absolute atomic E-state index is 13.1. The summed E-state index contributed by atoms with van der Waals surface area (Å²) in [5.74, 6) is 0.0132. The van der Waals surface area contributed by atoms with Gasteiger partial charge in [0.2, 0.25) is 0 Å². The molecule has 3 aromatic heterocycles. The highest BCUT2D eigenvalue weighted by molar-refractivity contribution is 7.91. The molecule has 0 spiro atoms. The van der Waals surface area contributed by atoms with Crippen LogP contribution in [-0.4, -0.2) is 49.0 Å². The lowest BCUT2D eigenvalue weighted by molar-refractivity contribution is 0.0972. The second-order valence-corrected chi connectivity index (χ2v) is 10.1. The quantitative estimate of drug-likeness (QED) is 0.539. The van der Waals surface area contributed by atoms with Gasteiger partial charge >= 0.3 is 5.69 Å². The molecule has 0 bridgehead atoms. The molecule has 160 valence electrons. The summed E-state index contributed by atoms with van der Waals surface area (Å²) >= 11 is 0. The van der Waals surface area contributed by atoms with Gasteiger partial charge in [-0.25, -0.2) is 18.2 Å². The average Bonchev–Trinajstić information content (AvgIpc) is 3.33. The molecule has 0 amide bonds. The number of hydrogen-bond donors (Lipinski definition) is 0. The molecule has 10 nitrogen and oxygen atoms in total. The van der Waals surface area contributed by atoms with Crippen molar-refractivity contribution in [1.82, 2.24) is 23.3 Å². The van der Waals surface area contributed by atoms with Crippen LogP contribution in [0.5, 0.6) is 0 Å². The van der Waals surface area contributed by atoms with Crippen molar-refractivity contribution in [2.45, 2.75) is 32.9 Å². The summed E-state index contributed by atoms with van der Waals surface area (Å²) in [6.07, 6.45) is 1.91. The molecule has 1 atom stereocenters. The predicted octanol–water partition coefficient (Wildman–Crippen LogP) is 0.0945. The van der Waals surface area contributed by atoms with Gasteiger partial charge in [0.1, 0.15) is 0 Å². The van der Waals surface area contributed by atoms with Gasteiger partial charge in [-0.2, -0.15) is 0 Å². The minimum Gasteiger partial charge on any atom is -0.344 e. The van der Waals surface area contributed by atoms with Crippen LogP contribution in [0.25, 0.3) is 11.2 Å². The second-order valence-electron chi connectivity index (χ2n) is 7.89. The van der Waals surface area contributed by atoms with Gasteiger partial charge in [0, 0.05) is 37.1 Å². The maximum atomic E-state index is 13.1. The Kier molecular flexibility index (Phi) is 4.60. The highest BCUT2D eigenvalue weighted by Gasteiger charge is 2.31. The van der Waals surface area contributed by atoms with Gasteiger partial charge in [-0.3, -0.25) is 18.7 Å². The Bertz CT molecular complexity index is 1420. The highest BCUT2D eigenvalue weighted by atomic mass is 32.2. The number of ketones is 1. The van der Waals surface area contributed by atoms with E-state index in [-0.39, 0.29) is 41.0 Å². The molecule has 30 heavy (non-hydrogen) atoms. The van der Waals surface area contributed by atoms with Crippen molar-refractivity contribution < 1.29 is 13.2 Å². The molecule has 4 rings (SSSR count). The third-order valence-electron chi connectivity index (χ3n) is 5.89. The maximum Gasteiger partial charge on any atom is 0.332 e. The van der Waals surface area contributed by atoms with E-state index in [0.29, 0.717) is 17.7 Å². The van der Waals surface area contributed by atoms with Gasteiger partial charge in [0.25, 0.3) is 5.56 Å². The molecular weight excluding hydrogens is 410 g/mol. The number of aromatic nitrogens is 5. The van der Waals surface area contributed by atoms with Crippen molar-refractivity contribution in [3.63, 3.8) is 0 Å². The fraction of sp³-hybridized carbons (Fsp3) is 0.474. The van der Waals surface area contributed by atoms with Crippen LogP contribution in [0.2, 0.25) is 0 Å². The van der Waals surface area contributed by atoms with Crippen molar-refractivity contribution in [3.8, 4) is 0 Å². The van der Waals surface area contributed by atoms with Crippen LogP contribution in [0.4, 0.5) is 0 Å². The Morgan fingerprint density at radius 1 is 1.20 bits per heavy atom. The molecule has 1 fully saturated rings. The van der Waals surface area contributed by atoms with Crippen LogP contribution in [0.1, 0.15) is 34.2 Å². The lowest BCUT2D eigenvalue weighted by Crippen LogP contribution is -2.37. The average molecular weight is 433 g/mol. The number of imidazole rings is 1. The van der Waals surface area contributed by atoms with Crippen molar-refractivity contribution in [3.05, 3.63) is 50.2 Å². The summed E-state index contributed by atoms with van der Waals surface area (Å²) in [5.41, 5.74) is 1.43. The Labute approximate surface area is 172 Å². The van der Waals surface area contributed by atoms with E-state index >= 15 is 0 Å². The van der Waals surface area contributed by atoms with Crippen LogP contribution in [0, 0.1) is 13.8 Å². The Morgan fingerprint density at radius 2 is 1.90 bits per heavy atom. The number of hydrogen-bond acceptors (Lipinski definition) is 6. The van der Waals surface area contributed by atoms with Crippen molar-refractivity contribution >= 4 is 26.8 Å². The molecule has 0 saturated carbocycles. The highest BCUT2D eigenvalue weighted by Crippen LogP contribution is 2.29. The number of carbonyl (C=O) groups is 1. The van der Waals surface area contributed by atoms with E-state index in [1.54, 1.807) is 13.0 Å². The van der Waals surface area contributed by atoms with Gasteiger partial charge in [0.05, 0.1) is 24.4 Å². The third-order valence-corrected chi connectivity index (χ3v) is 7.64.